The van der Waals surface area contributed by atoms with Crippen molar-refractivity contribution in [2.75, 3.05) is 13.0 Å². The zero-order valence-electron chi connectivity index (χ0n) is 12.5. The number of methoxy groups -OCH3 is 1. The summed E-state index contributed by atoms with van der Waals surface area (Å²) in [4.78, 5) is 0.0894. The quantitative estimate of drug-likeness (QED) is 0.746. The monoisotopic (exact) mass is 378 g/mol. The van der Waals surface area contributed by atoms with Gasteiger partial charge in [-0.25, -0.2) is 8.42 Å². The van der Waals surface area contributed by atoms with Crippen LogP contribution in [0.2, 0.25) is 5.02 Å². The molecule has 1 N–H and O–H groups in total. The molecule has 0 bridgehead atoms. The second-order valence-electron chi connectivity index (χ2n) is 4.57. The van der Waals surface area contributed by atoms with Gasteiger partial charge in [0.2, 0.25) is 10.0 Å². The molecule has 0 radical (unpaired) electrons. The Bertz CT molecular complexity index is 762. The van der Waals surface area contributed by atoms with Crippen molar-refractivity contribution in [2.24, 2.45) is 0 Å². The Labute approximate surface area is 144 Å². The summed E-state index contributed by atoms with van der Waals surface area (Å²) >= 11 is 11.7. The molecule has 0 fully saturated rings. The van der Waals surface area contributed by atoms with E-state index >= 15 is 0 Å². The highest BCUT2D eigenvalue weighted by Crippen LogP contribution is 2.21. The van der Waals surface area contributed by atoms with Crippen molar-refractivity contribution >= 4 is 33.2 Å². The first-order valence-electron chi connectivity index (χ1n) is 6.73. The molecule has 0 amide bonds. The summed E-state index contributed by atoms with van der Waals surface area (Å²) in [5, 5.41) is 8.30. The van der Waals surface area contributed by atoms with Gasteiger partial charge in [0.25, 0.3) is 0 Å². The molecular formula is C13H16Cl2N4O3S. The minimum Gasteiger partial charge on any atom is -0.467 e. The molecule has 126 valence electrons. The standard InChI is InChI=1S/C13H16Cl2N4O3S/c1-3-19-12(16-17-13(19)22-2)11(8-14)18-23(20,21)10-6-4-9(15)5-7-10/h4-7,11,18H,3,8H2,1-2H3/t11-/m1/s1. The highest BCUT2D eigenvalue weighted by atomic mass is 35.5. The lowest BCUT2D eigenvalue weighted by Gasteiger charge is -2.16. The van der Waals surface area contributed by atoms with Gasteiger partial charge in [-0.3, -0.25) is 4.57 Å². The fraction of sp³-hybridized carbons (Fsp3) is 0.385. The lowest BCUT2D eigenvalue weighted by molar-refractivity contribution is 0.354. The number of ether oxygens (including phenoxy) is 1. The van der Waals surface area contributed by atoms with Gasteiger partial charge in [0.15, 0.2) is 5.82 Å². The molecule has 0 saturated carbocycles. The largest absolute Gasteiger partial charge is 0.467 e. The van der Waals surface area contributed by atoms with Crippen molar-refractivity contribution in [3.8, 4) is 6.01 Å². The molecule has 23 heavy (non-hydrogen) atoms. The molecule has 0 saturated heterocycles. The third-order valence-corrected chi connectivity index (χ3v) is 5.18. The number of nitrogens with zero attached hydrogens (tertiary/aromatic N) is 3. The van der Waals surface area contributed by atoms with Gasteiger partial charge < -0.3 is 4.74 Å². The van der Waals surface area contributed by atoms with Crippen molar-refractivity contribution in [2.45, 2.75) is 24.4 Å². The number of sulfonamides is 1. The summed E-state index contributed by atoms with van der Waals surface area (Å²) in [5.41, 5.74) is 0. The van der Waals surface area contributed by atoms with Gasteiger partial charge >= 0.3 is 6.01 Å². The molecule has 7 nitrogen and oxygen atoms in total. The van der Waals surface area contributed by atoms with Gasteiger partial charge in [-0.05, 0) is 31.2 Å². The molecule has 0 unspecified atom stereocenters. The van der Waals surface area contributed by atoms with E-state index in [1.165, 1.54) is 31.4 Å². The lowest BCUT2D eigenvalue weighted by Crippen LogP contribution is -2.31. The maximum absolute atomic E-state index is 12.5. The first-order chi connectivity index (χ1) is 10.9. The van der Waals surface area contributed by atoms with E-state index in [0.29, 0.717) is 23.4 Å². The van der Waals surface area contributed by atoms with Crippen molar-refractivity contribution in [3.05, 3.63) is 35.1 Å². The topological polar surface area (TPSA) is 86.1 Å². The van der Waals surface area contributed by atoms with Crippen LogP contribution in [-0.2, 0) is 16.6 Å². The van der Waals surface area contributed by atoms with Crippen LogP contribution in [0.5, 0.6) is 6.01 Å². The van der Waals surface area contributed by atoms with Gasteiger partial charge in [0.05, 0.1) is 18.0 Å². The van der Waals surface area contributed by atoms with E-state index in [4.69, 9.17) is 27.9 Å². The van der Waals surface area contributed by atoms with Crippen LogP contribution < -0.4 is 9.46 Å². The van der Waals surface area contributed by atoms with Crippen LogP contribution in [0.4, 0.5) is 0 Å². The number of halogens is 2. The van der Waals surface area contributed by atoms with Gasteiger partial charge in [-0.15, -0.1) is 16.7 Å². The Morgan fingerprint density at radius 2 is 1.96 bits per heavy atom. The van der Waals surface area contributed by atoms with Crippen LogP contribution in [0.3, 0.4) is 0 Å². The average Bonchev–Trinajstić information content (AvgIpc) is 2.95. The van der Waals surface area contributed by atoms with E-state index < -0.39 is 16.1 Å². The van der Waals surface area contributed by atoms with Gasteiger partial charge in [0, 0.05) is 17.4 Å². The molecule has 0 aliphatic heterocycles. The fourth-order valence-corrected chi connectivity index (χ4v) is 3.65. The normalized spacial score (nSPS) is 13.0. The first-order valence-corrected chi connectivity index (χ1v) is 9.13. The van der Waals surface area contributed by atoms with Crippen LogP contribution in [0.1, 0.15) is 18.8 Å². The number of hydrogen-bond donors (Lipinski definition) is 1. The first kappa shape index (κ1) is 18.0. The molecular weight excluding hydrogens is 363 g/mol. The maximum Gasteiger partial charge on any atom is 0.316 e. The van der Waals surface area contributed by atoms with Crippen molar-refractivity contribution in [3.63, 3.8) is 0 Å². The van der Waals surface area contributed by atoms with E-state index in [9.17, 15) is 8.42 Å². The predicted octanol–water partition coefficient (Wildman–Crippen LogP) is 2.22. The minimum absolute atomic E-state index is 0.00529. The molecule has 2 aromatic rings. The maximum atomic E-state index is 12.5. The molecule has 1 aromatic carbocycles. The highest BCUT2D eigenvalue weighted by molar-refractivity contribution is 7.89. The van der Waals surface area contributed by atoms with Gasteiger partial charge in [-0.2, -0.15) is 4.72 Å². The summed E-state index contributed by atoms with van der Waals surface area (Å²) < 4.78 is 34.2. The molecule has 0 spiro atoms. The Morgan fingerprint density at radius 3 is 2.48 bits per heavy atom. The molecule has 1 aromatic heterocycles. The SMILES string of the molecule is CCn1c(OC)nnc1[C@@H](CCl)NS(=O)(=O)c1ccc(Cl)cc1. The Hall–Kier alpha value is -1.35. The lowest BCUT2D eigenvalue weighted by atomic mass is 10.3. The average molecular weight is 379 g/mol. The van der Waals surface area contributed by atoms with E-state index in [1.54, 1.807) is 4.57 Å². The van der Waals surface area contributed by atoms with Crippen molar-refractivity contribution in [1.29, 1.82) is 0 Å². The smallest absolute Gasteiger partial charge is 0.316 e. The summed E-state index contributed by atoms with van der Waals surface area (Å²) in [7, 11) is -2.31. The van der Waals surface area contributed by atoms with Crippen LogP contribution in [0, 0.1) is 0 Å². The zero-order chi connectivity index (χ0) is 17.0. The van der Waals surface area contributed by atoms with Crippen molar-refractivity contribution in [1.82, 2.24) is 19.5 Å². The number of hydrogen-bond acceptors (Lipinski definition) is 5. The van der Waals surface area contributed by atoms with Crippen LogP contribution >= 0.6 is 23.2 Å². The van der Waals surface area contributed by atoms with E-state index in [1.807, 2.05) is 6.92 Å². The summed E-state index contributed by atoms with van der Waals surface area (Å²) in [5.74, 6) is 0.381. The summed E-state index contributed by atoms with van der Waals surface area (Å²) in [6.45, 7) is 2.38. The molecule has 2 rings (SSSR count). The van der Waals surface area contributed by atoms with E-state index in [2.05, 4.69) is 14.9 Å². The molecule has 0 aliphatic rings. The van der Waals surface area contributed by atoms with Crippen LogP contribution in [0.25, 0.3) is 0 Å². The van der Waals surface area contributed by atoms with Gasteiger partial charge in [-0.1, -0.05) is 16.7 Å². The Morgan fingerprint density at radius 1 is 1.30 bits per heavy atom. The number of rotatable bonds is 7. The number of alkyl halides is 1. The summed E-state index contributed by atoms with van der Waals surface area (Å²) in [6.07, 6.45) is 0. The summed E-state index contributed by atoms with van der Waals surface area (Å²) in [6, 6.07) is 5.40. The molecule has 1 atom stereocenters. The minimum atomic E-state index is -3.77. The third kappa shape index (κ3) is 3.95. The Kier molecular flexibility index (Phi) is 5.85. The predicted molar refractivity (Wildman–Crippen MR) is 87.5 cm³/mol. The zero-order valence-corrected chi connectivity index (χ0v) is 14.9. The van der Waals surface area contributed by atoms with E-state index in [0.717, 1.165) is 0 Å². The van der Waals surface area contributed by atoms with Gasteiger partial charge in [0.1, 0.15) is 0 Å². The highest BCUT2D eigenvalue weighted by Gasteiger charge is 2.26. The third-order valence-electron chi connectivity index (χ3n) is 3.13. The second-order valence-corrected chi connectivity index (χ2v) is 7.03. The van der Waals surface area contributed by atoms with E-state index in [-0.39, 0.29) is 10.8 Å². The second kappa shape index (κ2) is 7.48. The fourth-order valence-electron chi connectivity index (χ4n) is 2.03. The van der Waals surface area contributed by atoms with Crippen LogP contribution in [0.15, 0.2) is 29.2 Å². The molecule has 0 aliphatic carbocycles. The van der Waals surface area contributed by atoms with Crippen LogP contribution in [-0.4, -0.2) is 36.2 Å². The number of benzene rings is 1. The van der Waals surface area contributed by atoms with Crippen molar-refractivity contribution < 1.29 is 13.2 Å². The Balaban J connectivity index is 2.32. The number of aromatic nitrogens is 3. The molecule has 1 heterocycles. The number of nitrogens with one attached hydrogen (secondary N) is 1. The molecule has 10 heteroatoms.